The van der Waals surface area contributed by atoms with Gasteiger partial charge in [-0.2, -0.15) is 0 Å². The molecule has 11 rings (SSSR count). The molecular weight excluding hydrogens is 783 g/mol. The van der Waals surface area contributed by atoms with Gasteiger partial charge in [0, 0.05) is 42.8 Å². The maximum absolute atomic E-state index is 9.57. The average molecular weight is 822 g/mol. The van der Waals surface area contributed by atoms with Crippen LogP contribution in [0.3, 0.4) is 0 Å². The van der Waals surface area contributed by atoms with Gasteiger partial charge in [0.2, 0.25) is 0 Å². The lowest BCUT2D eigenvalue weighted by Crippen LogP contribution is -2.02. The van der Waals surface area contributed by atoms with E-state index >= 15 is 0 Å². The van der Waals surface area contributed by atoms with Crippen molar-refractivity contribution in [1.29, 1.82) is 5.41 Å². The molecule has 0 saturated heterocycles. The maximum atomic E-state index is 9.57. The molecule has 2 aromatic heterocycles. The minimum atomic E-state index is 0.525. The number of fused-ring (bicyclic) bond motifs is 2. The van der Waals surface area contributed by atoms with Gasteiger partial charge in [-0.3, -0.25) is 5.41 Å². The van der Waals surface area contributed by atoms with Gasteiger partial charge in [0.1, 0.15) is 0 Å². The highest BCUT2D eigenvalue weighted by Crippen LogP contribution is 2.41. The van der Waals surface area contributed by atoms with Gasteiger partial charge in [-0.1, -0.05) is 212 Å². The van der Waals surface area contributed by atoms with Crippen LogP contribution in [0.4, 0.5) is 0 Å². The van der Waals surface area contributed by atoms with Crippen molar-refractivity contribution in [3.05, 3.63) is 242 Å². The van der Waals surface area contributed by atoms with Crippen LogP contribution in [-0.2, 0) is 0 Å². The van der Waals surface area contributed by atoms with Crippen molar-refractivity contribution in [3.63, 3.8) is 0 Å². The number of thiophene rings is 1. The molecule has 0 amide bonds. The molecule has 296 valence electrons. The van der Waals surface area contributed by atoms with Crippen molar-refractivity contribution < 1.29 is 0 Å². The first-order chi connectivity index (χ1) is 31.1. The molecule has 0 aliphatic rings. The number of benzene rings is 9. The summed E-state index contributed by atoms with van der Waals surface area (Å²) in [4.78, 5) is 11.4. The minimum absolute atomic E-state index is 0.525. The van der Waals surface area contributed by atoms with E-state index in [0.29, 0.717) is 11.5 Å². The van der Waals surface area contributed by atoms with Crippen LogP contribution in [-0.4, -0.2) is 15.7 Å². The maximum Gasteiger partial charge on any atom is 0.160 e. The quantitative estimate of drug-likeness (QED) is 0.147. The molecule has 0 saturated carbocycles. The van der Waals surface area contributed by atoms with Gasteiger partial charge in [-0.25, -0.2) is 9.97 Å². The number of rotatable bonds is 9. The number of nitrogens with one attached hydrogen (secondary N) is 1. The lowest BCUT2D eigenvalue weighted by molar-refractivity contribution is 1.18. The van der Waals surface area contributed by atoms with E-state index in [2.05, 4.69) is 218 Å². The molecule has 2 heterocycles. The Kier molecular flexibility index (Phi) is 9.89. The summed E-state index contributed by atoms with van der Waals surface area (Å²) >= 11 is 1.76. The highest BCUT2D eigenvalue weighted by molar-refractivity contribution is 7.22. The normalized spacial score (nSPS) is 11.2. The monoisotopic (exact) mass is 821 g/mol. The molecule has 9 aromatic carbocycles. The zero-order chi connectivity index (χ0) is 42.1. The predicted octanol–water partition coefficient (Wildman–Crippen LogP) is 15.9. The molecular formula is C59H39N3S. The van der Waals surface area contributed by atoms with Crippen molar-refractivity contribution >= 4 is 37.9 Å². The van der Waals surface area contributed by atoms with Crippen LogP contribution in [0.15, 0.2) is 231 Å². The summed E-state index contributed by atoms with van der Waals surface area (Å²) in [6, 6.07) is 80.6. The molecule has 0 fully saturated rings. The molecule has 0 aliphatic carbocycles. The first kappa shape index (κ1) is 37.9. The van der Waals surface area contributed by atoms with Gasteiger partial charge in [-0.15, -0.1) is 11.3 Å². The van der Waals surface area contributed by atoms with E-state index < -0.39 is 0 Å². The number of hydrogen-bond acceptors (Lipinski definition) is 4. The molecule has 0 unspecified atom stereocenters. The zero-order valence-corrected chi connectivity index (χ0v) is 35.1. The van der Waals surface area contributed by atoms with Crippen molar-refractivity contribution in [2.45, 2.75) is 0 Å². The van der Waals surface area contributed by atoms with Gasteiger partial charge >= 0.3 is 0 Å². The molecule has 0 bridgehead atoms. The molecule has 11 aromatic rings. The summed E-state index contributed by atoms with van der Waals surface area (Å²) in [5, 5.41) is 13.1. The molecule has 0 spiro atoms. The summed E-state index contributed by atoms with van der Waals surface area (Å²) < 4.78 is 1.18. The molecule has 0 atom stereocenters. The van der Waals surface area contributed by atoms with Gasteiger partial charge in [0.15, 0.2) is 5.82 Å². The Labute approximate surface area is 370 Å². The Morgan fingerprint density at radius 3 is 1.35 bits per heavy atom. The second-order valence-electron chi connectivity index (χ2n) is 15.7. The first-order valence-corrected chi connectivity index (χ1v) is 21.9. The minimum Gasteiger partial charge on any atom is -0.300 e. The van der Waals surface area contributed by atoms with E-state index in [1.807, 2.05) is 12.1 Å². The largest absolute Gasteiger partial charge is 0.300 e. The lowest BCUT2D eigenvalue weighted by Gasteiger charge is -2.12. The van der Waals surface area contributed by atoms with E-state index in [1.165, 1.54) is 26.6 Å². The van der Waals surface area contributed by atoms with Crippen LogP contribution < -0.4 is 0 Å². The van der Waals surface area contributed by atoms with E-state index in [9.17, 15) is 5.41 Å². The van der Waals surface area contributed by atoms with Crippen molar-refractivity contribution in [1.82, 2.24) is 9.97 Å². The molecule has 1 N–H and O–H groups in total. The lowest BCUT2D eigenvalue weighted by atomic mass is 9.94. The van der Waals surface area contributed by atoms with E-state index in [-0.39, 0.29) is 0 Å². The predicted molar refractivity (Wildman–Crippen MR) is 265 cm³/mol. The van der Waals surface area contributed by atoms with Crippen molar-refractivity contribution in [3.8, 4) is 77.7 Å². The Morgan fingerprint density at radius 1 is 0.349 bits per heavy atom. The van der Waals surface area contributed by atoms with Crippen LogP contribution in [0.5, 0.6) is 0 Å². The van der Waals surface area contributed by atoms with Crippen LogP contribution in [0, 0.1) is 5.41 Å². The molecule has 4 heteroatoms. The fourth-order valence-electron chi connectivity index (χ4n) is 8.41. The number of hydrogen-bond donors (Lipinski definition) is 1. The van der Waals surface area contributed by atoms with E-state index in [1.54, 1.807) is 11.3 Å². The fourth-order valence-corrected chi connectivity index (χ4v) is 9.62. The van der Waals surface area contributed by atoms with E-state index in [4.69, 9.17) is 9.97 Å². The second kappa shape index (κ2) is 16.4. The third-order valence-corrected chi connectivity index (χ3v) is 13.0. The standard InChI is InChI=1S/C59H39N3S/c60-57(56-52-17-9-10-18-55(52)63-58(56)51-36-27-41-15-7-8-16-50(41)37-51)48-32-23-45(24-33-48)44-21-30-47(31-22-44)54-38-53(46-28-19-42(20-29-46)39-11-3-1-4-12-39)61-59(62-54)49-34-25-43(26-35-49)40-13-5-2-6-14-40/h1-38,60H. The van der Waals surface area contributed by atoms with Crippen molar-refractivity contribution in [2.75, 3.05) is 0 Å². The van der Waals surface area contributed by atoms with E-state index in [0.717, 1.165) is 77.3 Å². The van der Waals surface area contributed by atoms with Crippen LogP contribution in [0.2, 0.25) is 0 Å². The van der Waals surface area contributed by atoms with Crippen LogP contribution in [0.1, 0.15) is 11.1 Å². The SMILES string of the molecule is N=C(c1ccc(-c2ccc(-c3cc(-c4ccc(-c5ccccc5)cc4)nc(-c4ccc(-c5ccccc5)cc4)n3)cc2)cc1)c1c(-c2ccc3ccccc3c2)sc2ccccc12. The molecule has 0 radical (unpaired) electrons. The molecule has 63 heavy (non-hydrogen) atoms. The molecule has 3 nitrogen and oxygen atoms in total. The summed E-state index contributed by atoms with van der Waals surface area (Å²) in [6.45, 7) is 0. The second-order valence-corrected chi connectivity index (χ2v) is 16.8. The summed E-state index contributed by atoms with van der Waals surface area (Å²) in [7, 11) is 0. The highest BCUT2D eigenvalue weighted by atomic mass is 32.1. The average Bonchev–Trinajstić information content (AvgIpc) is 3.76. The fraction of sp³-hybridized carbons (Fsp3) is 0. The third kappa shape index (κ3) is 7.54. The first-order valence-electron chi connectivity index (χ1n) is 21.1. The number of aromatic nitrogens is 2. The Hall–Kier alpha value is -8.05. The van der Waals surface area contributed by atoms with Gasteiger partial charge in [0.25, 0.3) is 0 Å². The summed E-state index contributed by atoms with van der Waals surface area (Å²) in [6.07, 6.45) is 0. The van der Waals surface area contributed by atoms with Gasteiger partial charge < -0.3 is 0 Å². The zero-order valence-electron chi connectivity index (χ0n) is 34.2. The Balaban J connectivity index is 0.904. The van der Waals surface area contributed by atoms with Crippen LogP contribution >= 0.6 is 11.3 Å². The smallest absolute Gasteiger partial charge is 0.160 e. The highest BCUT2D eigenvalue weighted by Gasteiger charge is 2.20. The Morgan fingerprint density at radius 2 is 0.778 bits per heavy atom. The van der Waals surface area contributed by atoms with Crippen molar-refractivity contribution in [2.24, 2.45) is 0 Å². The number of nitrogens with zero attached hydrogens (tertiary/aromatic N) is 2. The van der Waals surface area contributed by atoms with Gasteiger partial charge in [0.05, 0.1) is 17.1 Å². The Bertz CT molecular complexity index is 3310. The van der Waals surface area contributed by atoms with Crippen LogP contribution in [0.25, 0.3) is 98.6 Å². The summed E-state index contributed by atoms with van der Waals surface area (Å²) in [5.41, 5.74) is 15.1. The van der Waals surface area contributed by atoms with Gasteiger partial charge in [-0.05, 0) is 67.9 Å². The summed E-state index contributed by atoms with van der Waals surface area (Å²) in [5.74, 6) is 0.679. The third-order valence-electron chi connectivity index (χ3n) is 11.8. The topological polar surface area (TPSA) is 49.6 Å². The molecule has 0 aliphatic heterocycles.